The lowest BCUT2D eigenvalue weighted by molar-refractivity contribution is -0.116. The highest BCUT2D eigenvalue weighted by Gasteiger charge is 2.30. The van der Waals surface area contributed by atoms with Gasteiger partial charge in [0, 0.05) is 25.2 Å². The first-order valence-corrected chi connectivity index (χ1v) is 11.3. The van der Waals surface area contributed by atoms with Gasteiger partial charge in [-0.25, -0.2) is 13.1 Å². The van der Waals surface area contributed by atoms with E-state index in [1.807, 2.05) is 6.92 Å². The van der Waals surface area contributed by atoms with E-state index >= 15 is 0 Å². The van der Waals surface area contributed by atoms with Crippen molar-refractivity contribution in [2.75, 3.05) is 11.4 Å². The van der Waals surface area contributed by atoms with E-state index in [4.69, 9.17) is 0 Å². The second-order valence-electron chi connectivity index (χ2n) is 7.80. The normalized spacial score (nSPS) is 21.9. The molecule has 1 aliphatic heterocycles. The van der Waals surface area contributed by atoms with Crippen LogP contribution in [0.4, 0.5) is 5.69 Å². The highest BCUT2D eigenvalue weighted by atomic mass is 32.2. The number of amides is 1. The SMILES string of the molecule is CC(=O)N1c2ccc(S(=O)(=O)NCC3CCCCCCC3)cc2C[C@@H]1C. The average molecular weight is 379 g/mol. The Morgan fingerprint density at radius 3 is 2.46 bits per heavy atom. The van der Waals surface area contributed by atoms with Crippen LogP contribution in [0.2, 0.25) is 0 Å². The molecule has 6 heteroatoms. The Morgan fingerprint density at radius 1 is 1.15 bits per heavy atom. The van der Waals surface area contributed by atoms with E-state index in [9.17, 15) is 13.2 Å². The minimum atomic E-state index is -3.51. The van der Waals surface area contributed by atoms with Gasteiger partial charge in [0.2, 0.25) is 15.9 Å². The minimum absolute atomic E-state index is 0.00531. The molecule has 1 atom stereocenters. The van der Waals surface area contributed by atoms with Gasteiger partial charge >= 0.3 is 0 Å². The van der Waals surface area contributed by atoms with Crippen molar-refractivity contribution in [3.63, 3.8) is 0 Å². The molecule has 1 aliphatic carbocycles. The van der Waals surface area contributed by atoms with E-state index in [2.05, 4.69) is 4.72 Å². The maximum atomic E-state index is 12.7. The molecule has 1 amide bonds. The van der Waals surface area contributed by atoms with Crippen LogP contribution in [0.1, 0.15) is 64.4 Å². The Labute approximate surface area is 157 Å². The number of nitrogens with zero attached hydrogens (tertiary/aromatic N) is 1. The fourth-order valence-electron chi connectivity index (χ4n) is 4.31. The summed E-state index contributed by atoms with van der Waals surface area (Å²) in [5.41, 5.74) is 1.77. The largest absolute Gasteiger partial charge is 0.309 e. The van der Waals surface area contributed by atoms with Crippen LogP contribution in [0.3, 0.4) is 0 Å². The van der Waals surface area contributed by atoms with Gasteiger partial charge in [-0.15, -0.1) is 0 Å². The number of nitrogens with one attached hydrogen (secondary N) is 1. The molecule has 0 radical (unpaired) electrons. The van der Waals surface area contributed by atoms with Gasteiger partial charge in [0.05, 0.1) is 4.90 Å². The number of hydrogen-bond donors (Lipinski definition) is 1. The lowest BCUT2D eigenvalue weighted by Crippen LogP contribution is -2.33. The first-order chi connectivity index (χ1) is 12.4. The Bertz CT molecular complexity index is 752. The Balaban J connectivity index is 1.70. The van der Waals surface area contributed by atoms with E-state index in [1.165, 1.54) is 32.1 Å². The number of sulfonamides is 1. The number of carbonyl (C=O) groups is 1. The van der Waals surface area contributed by atoms with Crippen LogP contribution < -0.4 is 9.62 Å². The predicted octanol–water partition coefficient (Wildman–Crippen LogP) is 3.62. The number of anilines is 1. The molecular formula is C20H30N2O3S. The van der Waals surface area contributed by atoms with Crippen molar-refractivity contribution in [1.29, 1.82) is 0 Å². The van der Waals surface area contributed by atoms with Gasteiger partial charge in [-0.05, 0) is 55.9 Å². The van der Waals surface area contributed by atoms with Gasteiger partial charge in [0.1, 0.15) is 0 Å². The van der Waals surface area contributed by atoms with E-state index in [0.29, 0.717) is 23.8 Å². The summed E-state index contributed by atoms with van der Waals surface area (Å²) in [7, 11) is -3.51. The van der Waals surface area contributed by atoms with Gasteiger partial charge < -0.3 is 4.90 Å². The van der Waals surface area contributed by atoms with Crippen molar-refractivity contribution in [2.45, 2.75) is 76.2 Å². The first-order valence-electron chi connectivity index (χ1n) is 9.81. The van der Waals surface area contributed by atoms with Crippen molar-refractivity contribution < 1.29 is 13.2 Å². The van der Waals surface area contributed by atoms with Crippen LogP contribution >= 0.6 is 0 Å². The molecule has 1 N–H and O–H groups in total. The van der Waals surface area contributed by atoms with Gasteiger partial charge in [-0.1, -0.05) is 32.1 Å². The van der Waals surface area contributed by atoms with Gasteiger partial charge in [-0.3, -0.25) is 4.79 Å². The summed E-state index contributed by atoms with van der Waals surface area (Å²) in [6.45, 7) is 4.06. The molecule has 2 aliphatic rings. The zero-order valence-corrected chi connectivity index (χ0v) is 16.6. The molecule has 0 unspecified atom stereocenters. The minimum Gasteiger partial charge on any atom is -0.309 e. The third-order valence-electron chi connectivity index (χ3n) is 5.70. The van der Waals surface area contributed by atoms with Crippen LogP contribution in [0, 0.1) is 5.92 Å². The number of carbonyl (C=O) groups excluding carboxylic acids is 1. The number of benzene rings is 1. The number of fused-ring (bicyclic) bond motifs is 1. The van der Waals surface area contributed by atoms with Crippen molar-refractivity contribution in [1.82, 2.24) is 4.72 Å². The van der Waals surface area contributed by atoms with E-state index in [0.717, 1.165) is 24.1 Å². The fourth-order valence-corrected chi connectivity index (χ4v) is 5.48. The average Bonchev–Trinajstić information content (AvgIpc) is 2.88. The van der Waals surface area contributed by atoms with Crippen molar-refractivity contribution >= 4 is 21.6 Å². The second kappa shape index (κ2) is 8.09. The van der Waals surface area contributed by atoms with Crippen molar-refractivity contribution in [2.24, 2.45) is 5.92 Å². The summed E-state index contributed by atoms with van der Waals surface area (Å²) in [5.74, 6) is 0.432. The molecule has 144 valence electrons. The van der Waals surface area contributed by atoms with Crippen molar-refractivity contribution in [3.8, 4) is 0 Å². The maximum Gasteiger partial charge on any atom is 0.240 e. The summed E-state index contributed by atoms with van der Waals surface area (Å²) in [6, 6.07) is 5.19. The molecular weight excluding hydrogens is 348 g/mol. The zero-order chi connectivity index (χ0) is 18.7. The molecule has 1 aromatic rings. The van der Waals surface area contributed by atoms with Crippen LogP contribution in [-0.4, -0.2) is 26.9 Å². The molecule has 0 saturated heterocycles. The number of hydrogen-bond acceptors (Lipinski definition) is 3. The standard InChI is InChI=1S/C20H30N2O3S/c1-15-12-18-13-19(10-11-20(18)22(15)16(2)23)26(24,25)21-14-17-8-6-4-3-5-7-9-17/h10-11,13,15,17,21H,3-9,12,14H2,1-2H3/t15-/m0/s1. The highest BCUT2D eigenvalue weighted by molar-refractivity contribution is 7.89. The lowest BCUT2D eigenvalue weighted by Gasteiger charge is -2.21. The third kappa shape index (κ3) is 4.29. The summed E-state index contributed by atoms with van der Waals surface area (Å²) in [5, 5.41) is 0. The summed E-state index contributed by atoms with van der Waals surface area (Å²) >= 11 is 0. The van der Waals surface area contributed by atoms with Crippen molar-refractivity contribution in [3.05, 3.63) is 23.8 Å². The smallest absolute Gasteiger partial charge is 0.240 e. The third-order valence-corrected chi connectivity index (χ3v) is 7.12. The molecule has 0 spiro atoms. The first kappa shape index (κ1) is 19.4. The van der Waals surface area contributed by atoms with Crippen LogP contribution in [0.15, 0.2) is 23.1 Å². The van der Waals surface area contributed by atoms with Gasteiger partial charge in [0.25, 0.3) is 0 Å². The molecule has 3 rings (SSSR count). The van der Waals surface area contributed by atoms with Crippen LogP contribution in [0.5, 0.6) is 0 Å². The topological polar surface area (TPSA) is 66.5 Å². The molecule has 26 heavy (non-hydrogen) atoms. The summed E-state index contributed by atoms with van der Waals surface area (Å²) in [4.78, 5) is 13.9. The van der Waals surface area contributed by atoms with E-state index < -0.39 is 10.0 Å². The second-order valence-corrected chi connectivity index (χ2v) is 9.56. The summed E-state index contributed by atoms with van der Waals surface area (Å²) < 4.78 is 28.3. The molecule has 1 heterocycles. The number of rotatable bonds is 4. The Hall–Kier alpha value is -1.40. The molecule has 0 aromatic heterocycles. The van der Waals surface area contributed by atoms with Gasteiger partial charge in [0.15, 0.2) is 0 Å². The molecule has 5 nitrogen and oxygen atoms in total. The molecule has 1 fully saturated rings. The lowest BCUT2D eigenvalue weighted by atomic mass is 9.91. The van der Waals surface area contributed by atoms with E-state index in [1.54, 1.807) is 30.0 Å². The van der Waals surface area contributed by atoms with Crippen LogP contribution in [-0.2, 0) is 21.2 Å². The fraction of sp³-hybridized carbons (Fsp3) is 0.650. The molecule has 1 aromatic carbocycles. The van der Waals surface area contributed by atoms with Gasteiger partial charge in [-0.2, -0.15) is 0 Å². The Kier molecular flexibility index (Phi) is 6.03. The molecule has 0 bridgehead atoms. The monoisotopic (exact) mass is 378 g/mol. The Morgan fingerprint density at radius 2 is 1.81 bits per heavy atom. The van der Waals surface area contributed by atoms with Crippen LogP contribution in [0.25, 0.3) is 0 Å². The summed E-state index contributed by atoms with van der Waals surface area (Å²) in [6.07, 6.45) is 9.14. The zero-order valence-electron chi connectivity index (χ0n) is 15.8. The van der Waals surface area contributed by atoms with E-state index in [-0.39, 0.29) is 11.9 Å². The quantitative estimate of drug-likeness (QED) is 0.870. The predicted molar refractivity (Wildman–Crippen MR) is 104 cm³/mol. The highest BCUT2D eigenvalue weighted by Crippen LogP contribution is 2.34. The molecule has 1 saturated carbocycles. The maximum absolute atomic E-state index is 12.7.